The highest BCUT2D eigenvalue weighted by atomic mass is 35.5. The van der Waals surface area contributed by atoms with Gasteiger partial charge in [-0.15, -0.1) is 0 Å². The summed E-state index contributed by atoms with van der Waals surface area (Å²) < 4.78 is 11.8. The van der Waals surface area contributed by atoms with Crippen LogP contribution in [0.15, 0.2) is 91.0 Å². The Labute approximate surface area is 513 Å². The van der Waals surface area contributed by atoms with Crippen LogP contribution in [0.5, 0.6) is 23.0 Å². The van der Waals surface area contributed by atoms with Crippen LogP contribution in [0.25, 0.3) is 0 Å². The lowest BCUT2D eigenvalue weighted by Gasteiger charge is -2.29. The van der Waals surface area contributed by atoms with E-state index < -0.39 is 17.9 Å². The quantitative estimate of drug-likeness (QED) is 0.0238. The first-order valence-corrected chi connectivity index (χ1v) is 30.3. The summed E-state index contributed by atoms with van der Waals surface area (Å²) in [4.78, 5) is 61.1. The van der Waals surface area contributed by atoms with E-state index in [-0.39, 0.29) is 51.6 Å². The van der Waals surface area contributed by atoms with Gasteiger partial charge in [0.05, 0.1) is 44.2 Å². The molecule has 458 valence electrons. The number of carbonyl (C=O) groups is 4. The van der Waals surface area contributed by atoms with Crippen molar-refractivity contribution >= 4 is 92.6 Å². The number of unbranched alkanes of at least 4 members (excludes halogenated alkanes) is 2. The minimum atomic E-state index is -0.817. The molecule has 0 aliphatic carbocycles. The number of nitrogens with one attached hydrogen (secondary N) is 4. The van der Waals surface area contributed by atoms with Crippen molar-refractivity contribution in [1.29, 1.82) is 0 Å². The van der Waals surface area contributed by atoms with E-state index in [1.54, 1.807) is 24.8 Å². The van der Waals surface area contributed by atoms with Crippen LogP contribution < -0.4 is 50.3 Å². The lowest BCUT2D eigenvalue weighted by Crippen LogP contribution is -2.38. The monoisotopic (exact) mass is 1200 g/mol. The summed E-state index contributed by atoms with van der Waals surface area (Å²) in [5, 5.41) is 33.6. The maximum Gasteiger partial charge on any atom is 0.326 e. The second-order valence-electron chi connectivity index (χ2n) is 21.0. The molecule has 18 heteroatoms. The molecule has 6 amide bonds. The van der Waals surface area contributed by atoms with E-state index in [4.69, 9.17) is 32.7 Å². The number of hydrogen-bond acceptors (Lipinski definition) is 10. The van der Waals surface area contributed by atoms with Gasteiger partial charge in [0.15, 0.2) is 18.5 Å². The Balaban J connectivity index is 0.000000311. The Bertz CT molecular complexity index is 3260. The minimum absolute atomic E-state index is 0.0462. The summed E-state index contributed by atoms with van der Waals surface area (Å²) in [5.74, 6) is -0.138. The van der Waals surface area contributed by atoms with E-state index in [0.717, 1.165) is 91.1 Å². The van der Waals surface area contributed by atoms with E-state index >= 15 is 0 Å². The topological polar surface area (TPSA) is 188 Å². The second-order valence-corrected chi connectivity index (χ2v) is 21.8. The van der Waals surface area contributed by atoms with E-state index in [1.165, 1.54) is 11.0 Å². The summed E-state index contributed by atoms with van der Waals surface area (Å²) in [6, 6.07) is 27.5. The van der Waals surface area contributed by atoms with Gasteiger partial charge < -0.3 is 50.8 Å². The first kappa shape index (κ1) is 68.0. The zero-order valence-electron chi connectivity index (χ0n) is 52.1. The number of hydrogen-bond donors (Lipinski definition) is 6. The van der Waals surface area contributed by atoms with Crippen molar-refractivity contribution in [2.75, 3.05) is 76.1 Å². The lowest BCUT2D eigenvalue weighted by atomic mass is 10.1. The van der Waals surface area contributed by atoms with Crippen molar-refractivity contribution in [3.63, 3.8) is 0 Å². The highest BCUT2D eigenvalue weighted by molar-refractivity contribution is 6.35. The molecule has 1 unspecified atom stereocenters. The number of ether oxygens (including phenoxy) is 2. The molecule has 0 fully saturated rings. The number of phenols is 2. The maximum atomic E-state index is 13.8. The van der Waals surface area contributed by atoms with Crippen molar-refractivity contribution in [1.82, 2.24) is 10.6 Å². The Kier molecular flexibility index (Phi) is 26.0. The summed E-state index contributed by atoms with van der Waals surface area (Å²) in [6.07, 6.45) is 3.09. The predicted octanol–water partition coefficient (Wildman–Crippen LogP) is 16.1. The highest BCUT2D eigenvalue weighted by Gasteiger charge is 2.29. The average molecular weight is 1200 g/mol. The van der Waals surface area contributed by atoms with E-state index in [1.807, 2.05) is 114 Å². The number of urea groups is 2. The zero-order chi connectivity index (χ0) is 62.7. The van der Waals surface area contributed by atoms with Crippen molar-refractivity contribution in [2.45, 2.75) is 135 Å². The fourth-order valence-corrected chi connectivity index (χ4v) is 10.1. The zero-order valence-corrected chi connectivity index (χ0v) is 53.6. The van der Waals surface area contributed by atoms with Crippen LogP contribution in [0.4, 0.5) is 55.1 Å². The molecule has 0 aromatic heterocycles. The second kappa shape index (κ2) is 32.5. The van der Waals surface area contributed by atoms with Crippen LogP contribution in [-0.2, 0) is 9.59 Å². The number of halogens is 2. The van der Waals surface area contributed by atoms with Gasteiger partial charge >= 0.3 is 12.1 Å². The normalized spacial score (nSPS) is 11.2. The molecule has 1 atom stereocenters. The summed E-state index contributed by atoms with van der Waals surface area (Å²) in [5.41, 5.74) is 10.1. The van der Waals surface area contributed by atoms with Gasteiger partial charge in [0.2, 0.25) is 0 Å². The molecule has 6 N–H and O–H groups in total. The first-order valence-electron chi connectivity index (χ1n) is 29.5. The number of amides is 6. The summed E-state index contributed by atoms with van der Waals surface area (Å²) in [6.45, 7) is 31.7. The Morgan fingerprint density at radius 2 is 1.02 bits per heavy atom. The molecule has 16 nitrogen and oxygen atoms in total. The smallest absolute Gasteiger partial charge is 0.326 e. The third-order valence-electron chi connectivity index (χ3n) is 14.7. The molecule has 0 saturated heterocycles. The molecular weight excluding hydrogens is 1120 g/mol. The van der Waals surface area contributed by atoms with Gasteiger partial charge in [-0.25, -0.2) is 9.59 Å². The van der Waals surface area contributed by atoms with Crippen LogP contribution in [0.3, 0.4) is 0 Å². The molecule has 6 rings (SSSR count). The molecule has 0 bridgehead atoms. The Morgan fingerprint density at radius 1 is 0.518 bits per heavy atom. The molecule has 0 heterocycles. The minimum Gasteiger partial charge on any atom is -0.505 e. The largest absolute Gasteiger partial charge is 0.505 e. The maximum absolute atomic E-state index is 13.8. The van der Waals surface area contributed by atoms with E-state index in [0.29, 0.717) is 64.9 Å². The molecular formula is C67H88Cl2N8O8. The molecule has 0 spiro atoms. The number of benzene rings is 6. The standard InChI is InChI=1S/C35H47ClN4O4.C32H41ClN4O4/c1-9-13-18-37-35(43)40(28-16-15-26(20-23(28)6)39(11-3)12-4)29-21-27(33(41)32(36)25(29)8)38-34(42)30(10-2)44-31-17-14-22(5)19-24(31)7;1-7-10-17-34-32(40)37(25-14-12-24(13-15-25)36(8-2)9-3)27-19-26(31(39)23(6)30(27)33)35-29(38)20-41-28-16-11-21(4)18-22(28)5/h14-17,19-21,30,41H,9-13,18H2,1-8H3,(H,37,43)(H,38,42);11-16,18-19,39H,7-10,17,20H2,1-6H3,(H,34,40)(H,35,38). The van der Waals surface area contributed by atoms with Crippen molar-refractivity contribution in [3.05, 3.63) is 140 Å². The number of nitrogens with zero attached hydrogens (tertiary/aromatic N) is 4. The number of phenolic OH excluding ortho intramolecular Hbond substituents is 2. The van der Waals surface area contributed by atoms with Crippen LogP contribution >= 0.6 is 23.2 Å². The fourth-order valence-electron chi connectivity index (χ4n) is 9.68. The third-order valence-corrected chi connectivity index (χ3v) is 15.6. The van der Waals surface area contributed by atoms with Gasteiger partial charge in [0.1, 0.15) is 17.2 Å². The van der Waals surface area contributed by atoms with Crippen LogP contribution in [-0.4, -0.2) is 86.1 Å². The molecule has 0 aliphatic rings. The van der Waals surface area contributed by atoms with Crippen molar-refractivity contribution in [2.24, 2.45) is 0 Å². The SMILES string of the molecule is CCCCNC(=O)N(c1ccc(N(CC)CC)cc1)c1cc(NC(=O)COc2ccc(C)cc2C)c(O)c(C)c1Cl.CCCCNC(=O)N(c1ccc(N(CC)CC)cc1C)c1cc(NC(=O)C(CC)Oc2ccc(C)cc2C)c(O)c(Cl)c1C. The molecule has 0 saturated carbocycles. The number of rotatable bonds is 25. The van der Waals surface area contributed by atoms with Gasteiger partial charge in [-0.2, -0.15) is 0 Å². The molecule has 6 aromatic rings. The Morgan fingerprint density at radius 3 is 1.55 bits per heavy atom. The summed E-state index contributed by atoms with van der Waals surface area (Å²) >= 11 is 13.4. The van der Waals surface area contributed by atoms with Gasteiger partial charge in [-0.05, 0) is 184 Å². The van der Waals surface area contributed by atoms with Gasteiger partial charge in [0, 0.05) is 56.2 Å². The molecule has 0 radical (unpaired) electrons. The van der Waals surface area contributed by atoms with Gasteiger partial charge in [-0.3, -0.25) is 19.4 Å². The van der Waals surface area contributed by atoms with Gasteiger partial charge in [-0.1, -0.05) is 92.2 Å². The summed E-state index contributed by atoms with van der Waals surface area (Å²) in [7, 11) is 0. The number of anilines is 8. The molecule has 6 aromatic carbocycles. The van der Waals surface area contributed by atoms with Crippen LogP contribution in [0.1, 0.15) is 120 Å². The number of aryl methyl sites for hydroxylation is 5. The third kappa shape index (κ3) is 17.6. The number of carbonyl (C=O) groups excluding carboxylic acids is 4. The molecule has 0 aliphatic heterocycles. The molecule has 85 heavy (non-hydrogen) atoms. The first-order chi connectivity index (χ1) is 40.6. The highest BCUT2D eigenvalue weighted by Crippen LogP contribution is 2.45. The van der Waals surface area contributed by atoms with E-state index in [2.05, 4.69) is 78.7 Å². The lowest BCUT2D eigenvalue weighted by molar-refractivity contribution is -0.123. The Hall–Kier alpha value is -7.82. The van der Waals surface area contributed by atoms with Crippen molar-refractivity contribution in [3.8, 4) is 23.0 Å². The average Bonchev–Trinajstić information content (AvgIpc) is 1.58. The van der Waals surface area contributed by atoms with Gasteiger partial charge in [0.25, 0.3) is 11.8 Å². The van der Waals surface area contributed by atoms with Crippen molar-refractivity contribution < 1.29 is 38.9 Å². The predicted molar refractivity (Wildman–Crippen MR) is 351 cm³/mol. The van der Waals surface area contributed by atoms with Crippen LogP contribution in [0, 0.1) is 48.5 Å². The fraction of sp³-hybridized carbons (Fsp3) is 0.403. The van der Waals surface area contributed by atoms with Crippen LogP contribution in [0.2, 0.25) is 10.0 Å². The number of aromatic hydroxyl groups is 2. The van der Waals surface area contributed by atoms with E-state index in [9.17, 15) is 29.4 Å².